The molecular formula is C17H17N3O3S. The number of carbonyl (C=O) groups excluding carboxylic acids is 2. The predicted molar refractivity (Wildman–Crippen MR) is 93.8 cm³/mol. The van der Waals surface area contributed by atoms with Crippen LogP contribution in [0, 0.1) is 0 Å². The number of thiophene rings is 1. The molecule has 3 rings (SSSR count). The highest BCUT2D eigenvalue weighted by atomic mass is 32.1. The number of rotatable bonds is 4. The number of aryl methyl sites for hydroxylation is 1. The summed E-state index contributed by atoms with van der Waals surface area (Å²) >= 11 is 1.46. The van der Waals surface area contributed by atoms with Gasteiger partial charge >= 0.3 is 11.8 Å². The maximum atomic E-state index is 12.0. The van der Waals surface area contributed by atoms with Crippen LogP contribution in [0.4, 0.5) is 5.69 Å². The Kier molecular flexibility index (Phi) is 4.64. The van der Waals surface area contributed by atoms with Gasteiger partial charge in [-0.25, -0.2) is 0 Å². The van der Waals surface area contributed by atoms with Gasteiger partial charge in [-0.3, -0.25) is 9.59 Å². The van der Waals surface area contributed by atoms with Crippen molar-refractivity contribution in [3.63, 3.8) is 0 Å². The van der Waals surface area contributed by atoms with Crippen LogP contribution >= 0.6 is 11.3 Å². The molecule has 3 aromatic rings. The molecule has 0 bridgehead atoms. The van der Waals surface area contributed by atoms with E-state index in [0.717, 1.165) is 16.5 Å². The Bertz CT molecular complexity index is 870. The summed E-state index contributed by atoms with van der Waals surface area (Å²) in [6.07, 6.45) is 1.10. The Balaban J connectivity index is 1.59. The van der Waals surface area contributed by atoms with E-state index in [2.05, 4.69) is 10.6 Å². The fourth-order valence-electron chi connectivity index (χ4n) is 2.38. The van der Waals surface area contributed by atoms with Crippen LogP contribution in [-0.4, -0.2) is 28.0 Å². The molecule has 0 radical (unpaired) electrons. The van der Waals surface area contributed by atoms with E-state index >= 15 is 0 Å². The molecule has 6 nitrogen and oxygen atoms in total. The normalized spacial score (nSPS) is 12.1. The molecule has 1 atom stereocenters. The van der Waals surface area contributed by atoms with Crippen LogP contribution in [0.3, 0.4) is 0 Å². The molecule has 0 aliphatic heterocycles. The highest BCUT2D eigenvalue weighted by molar-refractivity contribution is 7.07. The fraction of sp³-hybridized carbons (Fsp3) is 0.176. The molecule has 7 heteroatoms. The minimum Gasteiger partial charge on any atom is -0.387 e. The van der Waals surface area contributed by atoms with Gasteiger partial charge in [0.05, 0.1) is 6.10 Å². The summed E-state index contributed by atoms with van der Waals surface area (Å²) in [5.74, 6) is -1.54. The van der Waals surface area contributed by atoms with Crippen molar-refractivity contribution in [1.82, 2.24) is 9.88 Å². The second kappa shape index (κ2) is 6.86. The monoisotopic (exact) mass is 343 g/mol. The lowest BCUT2D eigenvalue weighted by Crippen LogP contribution is -2.37. The average Bonchev–Trinajstić information content (AvgIpc) is 3.23. The molecule has 0 aliphatic rings. The Morgan fingerprint density at radius 1 is 1.25 bits per heavy atom. The van der Waals surface area contributed by atoms with Crippen LogP contribution in [0.5, 0.6) is 0 Å². The summed E-state index contributed by atoms with van der Waals surface area (Å²) in [6, 6.07) is 9.17. The molecule has 24 heavy (non-hydrogen) atoms. The Morgan fingerprint density at radius 3 is 2.83 bits per heavy atom. The van der Waals surface area contributed by atoms with Crippen LogP contribution < -0.4 is 10.6 Å². The van der Waals surface area contributed by atoms with Gasteiger partial charge in [-0.2, -0.15) is 11.3 Å². The number of anilines is 1. The number of carbonyl (C=O) groups is 2. The SMILES string of the molecule is Cn1ccc2ccc(NC(=O)C(=O)NCC(O)c3ccsc3)cc21. The number of hydrogen-bond donors (Lipinski definition) is 3. The Labute approximate surface area is 142 Å². The number of amides is 2. The van der Waals surface area contributed by atoms with Crippen molar-refractivity contribution in [3.8, 4) is 0 Å². The predicted octanol–water partition coefficient (Wildman–Crippen LogP) is 2.03. The zero-order valence-corrected chi connectivity index (χ0v) is 13.8. The summed E-state index contributed by atoms with van der Waals surface area (Å²) in [6.45, 7) is -0.0141. The van der Waals surface area contributed by atoms with E-state index in [-0.39, 0.29) is 6.54 Å². The van der Waals surface area contributed by atoms with E-state index in [1.165, 1.54) is 11.3 Å². The second-order valence-corrected chi connectivity index (χ2v) is 6.22. The van der Waals surface area contributed by atoms with E-state index in [1.807, 2.05) is 35.3 Å². The number of aliphatic hydroxyl groups excluding tert-OH is 1. The van der Waals surface area contributed by atoms with Crippen LogP contribution in [0.1, 0.15) is 11.7 Å². The van der Waals surface area contributed by atoms with Crippen LogP contribution in [0.25, 0.3) is 10.9 Å². The van der Waals surface area contributed by atoms with E-state index in [1.54, 1.807) is 23.6 Å². The summed E-state index contributed by atoms with van der Waals surface area (Å²) in [5, 5.41) is 19.6. The molecule has 3 N–H and O–H groups in total. The maximum absolute atomic E-state index is 12.0. The van der Waals surface area contributed by atoms with E-state index in [4.69, 9.17) is 0 Å². The number of benzene rings is 1. The topological polar surface area (TPSA) is 83.4 Å². The van der Waals surface area contributed by atoms with Crippen LogP contribution in [0.15, 0.2) is 47.3 Å². The van der Waals surface area contributed by atoms with Gasteiger partial charge in [0.1, 0.15) is 0 Å². The highest BCUT2D eigenvalue weighted by Crippen LogP contribution is 2.19. The first-order chi connectivity index (χ1) is 11.5. The summed E-state index contributed by atoms with van der Waals surface area (Å²) in [4.78, 5) is 23.8. The lowest BCUT2D eigenvalue weighted by Gasteiger charge is -2.11. The average molecular weight is 343 g/mol. The lowest BCUT2D eigenvalue weighted by molar-refractivity contribution is -0.136. The zero-order valence-electron chi connectivity index (χ0n) is 13.0. The van der Waals surface area contributed by atoms with Gasteiger partial charge in [-0.15, -0.1) is 0 Å². The van der Waals surface area contributed by atoms with Crippen LogP contribution in [0.2, 0.25) is 0 Å². The number of fused-ring (bicyclic) bond motifs is 1. The van der Waals surface area contributed by atoms with Crippen molar-refractivity contribution in [2.75, 3.05) is 11.9 Å². The standard InChI is InChI=1S/C17H17N3O3S/c1-20-6-4-11-2-3-13(8-14(11)20)19-17(23)16(22)18-9-15(21)12-5-7-24-10-12/h2-8,10,15,21H,9H2,1H3,(H,18,22)(H,19,23). The highest BCUT2D eigenvalue weighted by Gasteiger charge is 2.16. The first-order valence-corrected chi connectivity index (χ1v) is 8.33. The van der Waals surface area contributed by atoms with E-state index in [0.29, 0.717) is 5.69 Å². The molecule has 0 saturated heterocycles. The Hall–Kier alpha value is -2.64. The van der Waals surface area contributed by atoms with Crippen molar-refractivity contribution >= 4 is 39.7 Å². The third-order valence-electron chi connectivity index (χ3n) is 3.74. The molecule has 0 fully saturated rings. The molecular weight excluding hydrogens is 326 g/mol. The first-order valence-electron chi connectivity index (χ1n) is 7.39. The molecule has 2 aromatic heterocycles. The van der Waals surface area contributed by atoms with Gasteiger partial charge in [-0.05, 0) is 46.0 Å². The molecule has 124 valence electrons. The van der Waals surface area contributed by atoms with Gasteiger partial charge < -0.3 is 20.3 Å². The summed E-state index contributed by atoms with van der Waals surface area (Å²) in [7, 11) is 1.91. The molecule has 0 saturated carbocycles. The minimum absolute atomic E-state index is 0.0141. The fourth-order valence-corrected chi connectivity index (χ4v) is 3.09. The van der Waals surface area contributed by atoms with Gasteiger partial charge in [0, 0.05) is 31.0 Å². The van der Waals surface area contributed by atoms with Gasteiger partial charge in [0.2, 0.25) is 0 Å². The lowest BCUT2D eigenvalue weighted by atomic mass is 10.2. The number of nitrogens with one attached hydrogen (secondary N) is 2. The smallest absolute Gasteiger partial charge is 0.313 e. The van der Waals surface area contributed by atoms with Crippen molar-refractivity contribution in [3.05, 3.63) is 52.9 Å². The van der Waals surface area contributed by atoms with E-state index < -0.39 is 17.9 Å². The van der Waals surface area contributed by atoms with Gasteiger partial charge in [0.25, 0.3) is 0 Å². The Morgan fingerprint density at radius 2 is 2.08 bits per heavy atom. The number of nitrogens with zero attached hydrogens (tertiary/aromatic N) is 1. The molecule has 2 heterocycles. The third kappa shape index (κ3) is 3.47. The molecule has 1 aromatic carbocycles. The third-order valence-corrected chi connectivity index (χ3v) is 4.44. The van der Waals surface area contributed by atoms with Crippen molar-refractivity contribution in [2.45, 2.75) is 6.10 Å². The maximum Gasteiger partial charge on any atom is 0.313 e. The quantitative estimate of drug-likeness (QED) is 0.634. The molecule has 0 aliphatic carbocycles. The first kappa shape index (κ1) is 16.2. The van der Waals surface area contributed by atoms with Crippen LogP contribution in [-0.2, 0) is 16.6 Å². The van der Waals surface area contributed by atoms with Crippen molar-refractivity contribution in [1.29, 1.82) is 0 Å². The minimum atomic E-state index is -0.826. The summed E-state index contributed by atoms with van der Waals surface area (Å²) in [5.41, 5.74) is 2.22. The molecule has 0 spiro atoms. The second-order valence-electron chi connectivity index (χ2n) is 5.44. The number of hydrogen-bond acceptors (Lipinski definition) is 4. The molecule has 2 amide bonds. The van der Waals surface area contributed by atoms with Crippen molar-refractivity contribution < 1.29 is 14.7 Å². The largest absolute Gasteiger partial charge is 0.387 e. The summed E-state index contributed by atoms with van der Waals surface area (Å²) < 4.78 is 1.93. The zero-order chi connectivity index (χ0) is 17.1. The van der Waals surface area contributed by atoms with Gasteiger partial charge in [-0.1, -0.05) is 6.07 Å². The van der Waals surface area contributed by atoms with E-state index in [9.17, 15) is 14.7 Å². The number of aliphatic hydroxyl groups is 1. The number of aromatic nitrogens is 1. The molecule has 1 unspecified atom stereocenters. The van der Waals surface area contributed by atoms with Gasteiger partial charge in [0.15, 0.2) is 0 Å². The van der Waals surface area contributed by atoms with Crippen molar-refractivity contribution in [2.24, 2.45) is 7.05 Å².